The Labute approximate surface area is 90.3 Å². The summed E-state index contributed by atoms with van der Waals surface area (Å²) in [6.07, 6.45) is 2.49. The van der Waals surface area contributed by atoms with Gasteiger partial charge in [0, 0.05) is 12.2 Å². The molecule has 0 spiro atoms. The maximum atomic E-state index is 5.61. The highest BCUT2D eigenvalue weighted by Crippen LogP contribution is 2.18. The third-order valence-corrected chi connectivity index (χ3v) is 2.97. The highest BCUT2D eigenvalue weighted by molar-refractivity contribution is 7.99. The van der Waals surface area contributed by atoms with Crippen LogP contribution < -0.4 is 5.73 Å². The molecule has 1 aromatic rings. The molecule has 0 saturated heterocycles. The summed E-state index contributed by atoms with van der Waals surface area (Å²) in [4.78, 5) is 4.46. The molecule has 0 aliphatic rings. The molecule has 1 rings (SSSR count). The Kier molecular flexibility index (Phi) is 4.98. The summed E-state index contributed by atoms with van der Waals surface area (Å²) in [5.41, 5.74) is 7.84. The minimum atomic E-state index is 0.602. The normalized spacial score (nSPS) is 10.5. The van der Waals surface area contributed by atoms with Gasteiger partial charge in [0.05, 0.1) is 5.03 Å². The van der Waals surface area contributed by atoms with Crippen LogP contribution in [0.5, 0.6) is 0 Å². The molecular formula is C11H18N2S. The fourth-order valence-electron chi connectivity index (χ4n) is 1.22. The molecular weight excluding hydrogens is 192 g/mol. The topological polar surface area (TPSA) is 38.9 Å². The van der Waals surface area contributed by atoms with Gasteiger partial charge in [0.15, 0.2) is 0 Å². The van der Waals surface area contributed by atoms with Crippen molar-refractivity contribution < 1.29 is 0 Å². The van der Waals surface area contributed by atoms with E-state index in [0.717, 1.165) is 16.5 Å². The molecule has 1 aromatic heterocycles. The summed E-state index contributed by atoms with van der Waals surface area (Å²) in [5, 5.41) is 1.11. The smallest absolute Gasteiger partial charge is 0.0966 e. The fraction of sp³-hybridized carbons (Fsp3) is 0.545. The number of unbranched alkanes of at least 4 members (excludes halogenated alkanes) is 1. The summed E-state index contributed by atoms with van der Waals surface area (Å²) in [5.74, 6) is 1.15. The SMILES string of the molecule is CCCCSc1cc(CN)cc(C)n1. The van der Waals surface area contributed by atoms with Crippen molar-refractivity contribution in [2.24, 2.45) is 5.73 Å². The number of aryl methyl sites for hydroxylation is 1. The van der Waals surface area contributed by atoms with E-state index >= 15 is 0 Å². The molecule has 2 nitrogen and oxygen atoms in total. The molecule has 1 heterocycles. The number of hydrogen-bond acceptors (Lipinski definition) is 3. The van der Waals surface area contributed by atoms with E-state index in [1.54, 1.807) is 0 Å². The Morgan fingerprint density at radius 1 is 1.43 bits per heavy atom. The van der Waals surface area contributed by atoms with Gasteiger partial charge in [-0.15, -0.1) is 11.8 Å². The van der Waals surface area contributed by atoms with Crippen LogP contribution in [0.1, 0.15) is 31.0 Å². The predicted molar refractivity (Wildman–Crippen MR) is 62.5 cm³/mol. The zero-order chi connectivity index (χ0) is 10.4. The Hall–Kier alpha value is -0.540. The first-order chi connectivity index (χ1) is 6.76. The first kappa shape index (κ1) is 11.5. The zero-order valence-corrected chi connectivity index (χ0v) is 9.73. The first-order valence-corrected chi connectivity index (χ1v) is 6.05. The van der Waals surface area contributed by atoms with Gasteiger partial charge in [-0.05, 0) is 36.8 Å². The summed E-state index contributed by atoms with van der Waals surface area (Å²) < 4.78 is 0. The highest BCUT2D eigenvalue weighted by atomic mass is 32.2. The molecule has 78 valence electrons. The second kappa shape index (κ2) is 6.04. The van der Waals surface area contributed by atoms with E-state index in [9.17, 15) is 0 Å². The van der Waals surface area contributed by atoms with Crippen LogP contribution in [-0.4, -0.2) is 10.7 Å². The van der Waals surface area contributed by atoms with Crippen LogP contribution in [0.4, 0.5) is 0 Å². The third-order valence-electron chi connectivity index (χ3n) is 1.97. The second-order valence-electron chi connectivity index (χ2n) is 3.36. The van der Waals surface area contributed by atoms with E-state index in [1.165, 1.54) is 18.4 Å². The number of nitrogens with zero attached hydrogens (tertiary/aromatic N) is 1. The Balaban J connectivity index is 2.62. The molecule has 0 amide bonds. The van der Waals surface area contributed by atoms with Crippen molar-refractivity contribution in [2.75, 3.05) is 5.75 Å². The molecule has 0 aliphatic carbocycles. The lowest BCUT2D eigenvalue weighted by atomic mass is 10.2. The van der Waals surface area contributed by atoms with Crippen LogP contribution in [0, 0.1) is 6.92 Å². The molecule has 0 saturated carbocycles. The summed E-state index contributed by atoms with van der Waals surface area (Å²) in [7, 11) is 0. The Bertz CT molecular complexity index is 287. The number of pyridine rings is 1. The summed E-state index contributed by atoms with van der Waals surface area (Å²) >= 11 is 1.82. The molecule has 0 radical (unpaired) electrons. The van der Waals surface area contributed by atoms with Crippen LogP contribution in [0.25, 0.3) is 0 Å². The van der Waals surface area contributed by atoms with Gasteiger partial charge in [-0.3, -0.25) is 0 Å². The van der Waals surface area contributed by atoms with Crippen LogP contribution in [-0.2, 0) is 6.54 Å². The lowest BCUT2D eigenvalue weighted by Gasteiger charge is -2.04. The van der Waals surface area contributed by atoms with Crippen molar-refractivity contribution in [3.05, 3.63) is 23.4 Å². The van der Waals surface area contributed by atoms with Gasteiger partial charge in [0.1, 0.15) is 0 Å². The quantitative estimate of drug-likeness (QED) is 0.600. The van der Waals surface area contributed by atoms with Gasteiger partial charge in [-0.25, -0.2) is 4.98 Å². The molecule has 0 fully saturated rings. The first-order valence-electron chi connectivity index (χ1n) is 5.06. The van der Waals surface area contributed by atoms with Crippen LogP contribution >= 0.6 is 11.8 Å². The van der Waals surface area contributed by atoms with Gasteiger partial charge in [0.2, 0.25) is 0 Å². The summed E-state index contributed by atoms with van der Waals surface area (Å²) in [6, 6.07) is 4.14. The molecule has 0 aromatic carbocycles. The predicted octanol–water partition coefficient (Wildman–Crippen LogP) is 2.74. The molecule has 2 N–H and O–H groups in total. The van der Waals surface area contributed by atoms with E-state index in [0.29, 0.717) is 6.54 Å². The van der Waals surface area contributed by atoms with Crippen molar-refractivity contribution >= 4 is 11.8 Å². The molecule has 0 atom stereocenters. The van der Waals surface area contributed by atoms with Crippen LogP contribution in [0.2, 0.25) is 0 Å². The maximum absolute atomic E-state index is 5.61. The largest absolute Gasteiger partial charge is 0.326 e. The van der Waals surface area contributed by atoms with Crippen molar-refractivity contribution in [2.45, 2.75) is 38.3 Å². The van der Waals surface area contributed by atoms with E-state index in [2.05, 4.69) is 18.0 Å². The number of thioether (sulfide) groups is 1. The molecule has 14 heavy (non-hydrogen) atoms. The third kappa shape index (κ3) is 3.68. The molecule has 3 heteroatoms. The fourth-order valence-corrected chi connectivity index (χ4v) is 2.31. The lowest BCUT2D eigenvalue weighted by Crippen LogP contribution is -1.98. The van der Waals surface area contributed by atoms with Gasteiger partial charge in [-0.1, -0.05) is 13.3 Å². The van der Waals surface area contributed by atoms with Gasteiger partial charge >= 0.3 is 0 Å². The Morgan fingerprint density at radius 3 is 2.86 bits per heavy atom. The monoisotopic (exact) mass is 210 g/mol. The van der Waals surface area contributed by atoms with Gasteiger partial charge in [0.25, 0.3) is 0 Å². The minimum absolute atomic E-state index is 0.602. The highest BCUT2D eigenvalue weighted by Gasteiger charge is 1.99. The van der Waals surface area contributed by atoms with Gasteiger partial charge < -0.3 is 5.73 Å². The van der Waals surface area contributed by atoms with Crippen LogP contribution in [0.3, 0.4) is 0 Å². The van der Waals surface area contributed by atoms with Gasteiger partial charge in [-0.2, -0.15) is 0 Å². The average Bonchev–Trinajstić information content (AvgIpc) is 2.17. The molecule has 0 aliphatic heterocycles. The standard InChI is InChI=1S/C11H18N2S/c1-3-4-5-14-11-7-10(8-12)6-9(2)13-11/h6-7H,3-5,8,12H2,1-2H3. The van der Waals surface area contributed by atoms with Crippen molar-refractivity contribution in [3.63, 3.8) is 0 Å². The maximum Gasteiger partial charge on any atom is 0.0966 e. The van der Waals surface area contributed by atoms with E-state index in [4.69, 9.17) is 5.73 Å². The lowest BCUT2D eigenvalue weighted by molar-refractivity contribution is 0.893. The van der Waals surface area contributed by atoms with E-state index < -0.39 is 0 Å². The number of hydrogen-bond donors (Lipinski definition) is 1. The molecule has 0 unspecified atom stereocenters. The summed E-state index contributed by atoms with van der Waals surface area (Å²) in [6.45, 7) is 4.82. The minimum Gasteiger partial charge on any atom is -0.326 e. The van der Waals surface area contributed by atoms with Crippen LogP contribution in [0.15, 0.2) is 17.2 Å². The Morgan fingerprint density at radius 2 is 2.21 bits per heavy atom. The number of nitrogens with two attached hydrogens (primary N) is 1. The van der Waals surface area contributed by atoms with Crippen molar-refractivity contribution in [3.8, 4) is 0 Å². The van der Waals surface area contributed by atoms with Crippen molar-refractivity contribution in [1.29, 1.82) is 0 Å². The van der Waals surface area contributed by atoms with Crippen molar-refractivity contribution in [1.82, 2.24) is 4.98 Å². The average molecular weight is 210 g/mol. The van der Waals surface area contributed by atoms with E-state index in [1.807, 2.05) is 24.8 Å². The zero-order valence-electron chi connectivity index (χ0n) is 8.92. The number of aromatic nitrogens is 1. The second-order valence-corrected chi connectivity index (χ2v) is 4.48. The number of rotatable bonds is 5. The van der Waals surface area contributed by atoms with E-state index in [-0.39, 0.29) is 0 Å². The molecule has 0 bridgehead atoms.